The van der Waals surface area contributed by atoms with E-state index in [0.717, 1.165) is 21.8 Å². The molecule has 0 saturated heterocycles. The normalized spacial score (nSPS) is 12.1. The van der Waals surface area contributed by atoms with E-state index in [1.807, 2.05) is 26.8 Å². The van der Waals surface area contributed by atoms with E-state index in [4.69, 9.17) is 4.42 Å². The van der Waals surface area contributed by atoms with Crippen LogP contribution in [0.4, 0.5) is 13.2 Å². The second-order valence-corrected chi connectivity index (χ2v) is 6.80. The van der Waals surface area contributed by atoms with Gasteiger partial charge in [-0.15, -0.1) is 0 Å². The van der Waals surface area contributed by atoms with Gasteiger partial charge in [-0.3, -0.25) is 4.79 Å². The van der Waals surface area contributed by atoms with Gasteiger partial charge in [-0.05, 0) is 53.8 Å². The molecule has 1 aromatic carbocycles. The van der Waals surface area contributed by atoms with Crippen LogP contribution >= 0.6 is 0 Å². The van der Waals surface area contributed by atoms with E-state index < -0.39 is 22.9 Å². The Hall–Kier alpha value is -2.83. The molecular formula is C20H18F3NO3. The Kier molecular flexibility index (Phi) is 4.71. The Labute approximate surface area is 152 Å². The van der Waals surface area contributed by atoms with Gasteiger partial charge in [0.25, 0.3) is 5.56 Å². The second kappa shape index (κ2) is 6.72. The highest BCUT2D eigenvalue weighted by Crippen LogP contribution is 2.28. The summed E-state index contributed by atoms with van der Waals surface area (Å²) in [6.45, 7) is 5.78. The van der Waals surface area contributed by atoms with Crippen LogP contribution in [0.2, 0.25) is 0 Å². The molecule has 0 radical (unpaired) electrons. The van der Waals surface area contributed by atoms with E-state index in [0.29, 0.717) is 16.5 Å². The van der Waals surface area contributed by atoms with Crippen LogP contribution in [0.15, 0.2) is 50.5 Å². The maximum absolute atomic E-state index is 13.0. The van der Waals surface area contributed by atoms with Crippen molar-refractivity contribution in [2.75, 3.05) is 0 Å². The predicted molar refractivity (Wildman–Crippen MR) is 96.1 cm³/mol. The topological polar surface area (TPSA) is 52.2 Å². The SMILES string of the molecule is Cc1cc2oc(=O)cc(Cn3cccc(C(F)(F)F)c3=O)c2cc1C(C)C. The molecule has 2 aromatic heterocycles. The van der Waals surface area contributed by atoms with Crippen LogP contribution in [0.1, 0.15) is 42.0 Å². The summed E-state index contributed by atoms with van der Waals surface area (Å²) < 4.78 is 45.2. The van der Waals surface area contributed by atoms with Gasteiger partial charge in [0.05, 0.1) is 6.54 Å². The minimum absolute atomic E-state index is 0.161. The van der Waals surface area contributed by atoms with E-state index in [1.54, 1.807) is 6.07 Å². The zero-order chi connectivity index (χ0) is 19.9. The number of rotatable bonds is 3. The first kappa shape index (κ1) is 18.9. The summed E-state index contributed by atoms with van der Waals surface area (Å²) >= 11 is 0. The minimum Gasteiger partial charge on any atom is -0.423 e. The van der Waals surface area contributed by atoms with Crippen LogP contribution in [-0.2, 0) is 12.7 Å². The maximum atomic E-state index is 13.0. The molecule has 0 aliphatic carbocycles. The first-order chi connectivity index (χ1) is 12.6. The summed E-state index contributed by atoms with van der Waals surface area (Å²) in [5, 5.41) is 0.605. The molecule has 0 amide bonds. The van der Waals surface area contributed by atoms with Crippen molar-refractivity contribution >= 4 is 11.0 Å². The van der Waals surface area contributed by atoms with E-state index in [2.05, 4.69) is 0 Å². The molecular weight excluding hydrogens is 359 g/mol. The van der Waals surface area contributed by atoms with Crippen molar-refractivity contribution in [1.29, 1.82) is 0 Å². The largest absolute Gasteiger partial charge is 0.423 e. The molecule has 2 heterocycles. The fourth-order valence-electron chi connectivity index (χ4n) is 3.20. The van der Waals surface area contributed by atoms with Crippen LogP contribution in [0, 0.1) is 6.92 Å². The van der Waals surface area contributed by atoms with Gasteiger partial charge in [-0.2, -0.15) is 13.2 Å². The van der Waals surface area contributed by atoms with Gasteiger partial charge in [0.2, 0.25) is 0 Å². The monoisotopic (exact) mass is 377 g/mol. The highest BCUT2D eigenvalue weighted by Gasteiger charge is 2.34. The molecule has 0 spiro atoms. The highest BCUT2D eigenvalue weighted by molar-refractivity contribution is 5.82. The molecule has 0 unspecified atom stereocenters. The fourth-order valence-corrected chi connectivity index (χ4v) is 3.20. The molecule has 7 heteroatoms. The van der Waals surface area contributed by atoms with Gasteiger partial charge in [-0.1, -0.05) is 13.8 Å². The molecule has 0 bridgehead atoms. The van der Waals surface area contributed by atoms with Crippen LogP contribution < -0.4 is 11.2 Å². The zero-order valence-corrected chi connectivity index (χ0v) is 15.1. The van der Waals surface area contributed by atoms with E-state index in [-0.39, 0.29) is 12.5 Å². The standard InChI is InChI=1S/C20H18F3NO3/c1-11(2)14-9-15-13(8-18(25)27-17(15)7-12(14)3)10-24-6-4-5-16(19(24)26)20(21,22)23/h4-9,11H,10H2,1-3H3. The second-order valence-electron chi connectivity index (χ2n) is 6.80. The number of halogens is 3. The third kappa shape index (κ3) is 3.67. The Balaban J connectivity index is 2.20. The summed E-state index contributed by atoms with van der Waals surface area (Å²) in [6, 6.07) is 6.74. The van der Waals surface area contributed by atoms with Crippen molar-refractivity contribution in [3.05, 3.63) is 79.6 Å². The number of hydrogen-bond donors (Lipinski definition) is 0. The Morgan fingerprint density at radius 3 is 2.48 bits per heavy atom. The number of benzene rings is 1. The van der Waals surface area contributed by atoms with E-state index >= 15 is 0 Å². The number of alkyl halides is 3. The smallest absolute Gasteiger partial charge is 0.421 e. The molecule has 0 aliphatic heterocycles. The molecule has 4 nitrogen and oxygen atoms in total. The molecule has 3 aromatic rings. The molecule has 0 fully saturated rings. The predicted octanol–water partition coefficient (Wildman–Crippen LogP) is 4.45. The van der Waals surface area contributed by atoms with E-state index in [9.17, 15) is 22.8 Å². The highest BCUT2D eigenvalue weighted by atomic mass is 19.4. The molecule has 27 heavy (non-hydrogen) atoms. The average molecular weight is 377 g/mol. The summed E-state index contributed by atoms with van der Waals surface area (Å²) in [5.41, 5.74) is -0.236. The molecule has 0 atom stereocenters. The van der Waals surface area contributed by atoms with Gasteiger partial charge in [0, 0.05) is 17.6 Å². The van der Waals surface area contributed by atoms with Gasteiger partial charge in [0.15, 0.2) is 0 Å². The van der Waals surface area contributed by atoms with Crippen molar-refractivity contribution in [2.45, 2.75) is 39.4 Å². The Bertz CT molecular complexity index is 1120. The van der Waals surface area contributed by atoms with E-state index in [1.165, 1.54) is 18.3 Å². The summed E-state index contributed by atoms with van der Waals surface area (Å²) in [4.78, 5) is 24.1. The first-order valence-electron chi connectivity index (χ1n) is 8.42. The third-order valence-corrected chi connectivity index (χ3v) is 4.51. The fraction of sp³-hybridized carbons (Fsp3) is 0.300. The summed E-state index contributed by atoms with van der Waals surface area (Å²) in [7, 11) is 0. The molecule has 0 saturated carbocycles. The Morgan fingerprint density at radius 1 is 1.15 bits per heavy atom. The van der Waals surface area contributed by atoms with Crippen LogP contribution in [0.25, 0.3) is 11.0 Å². The number of aryl methyl sites for hydroxylation is 1. The lowest BCUT2D eigenvalue weighted by Crippen LogP contribution is -2.28. The lowest BCUT2D eigenvalue weighted by Gasteiger charge is -2.14. The van der Waals surface area contributed by atoms with Crippen LogP contribution in [0.3, 0.4) is 0 Å². The van der Waals surface area contributed by atoms with Gasteiger partial charge >= 0.3 is 11.8 Å². The van der Waals surface area contributed by atoms with Crippen LogP contribution in [0.5, 0.6) is 0 Å². The third-order valence-electron chi connectivity index (χ3n) is 4.51. The molecule has 3 rings (SSSR count). The number of aromatic nitrogens is 1. The van der Waals surface area contributed by atoms with Crippen molar-refractivity contribution in [3.8, 4) is 0 Å². The number of nitrogens with zero attached hydrogens (tertiary/aromatic N) is 1. The minimum atomic E-state index is -4.74. The van der Waals surface area contributed by atoms with Crippen LogP contribution in [-0.4, -0.2) is 4.57 Å². The molecule has 142 valence electrons. The van der Waals surface area contributed by atoms with Gasteiger partial charge < -0.3 is 8.98 Å². The van der Waals surface area contributed by atoms with Crippen molar-refractivity contribution < 1.29 is 17.6 Å². The zero-order valence-electron chi connectivity index (χ0n) is 15.1. The number of fused-ring (bicyclic) bond motifs is 1. The van der Waals surface area contributed by atoms with Crippen molar-refractivity contribution in [1.82, 2.24) is 4.57 Å². The molecule has 0 aliphatic rings. The Morgan fingerprint density at radius 2 is 1.85 bits per heavy atom. The first-order valence-corrected chi connectivity index (χ1v) is 8.42. The maximum Gasteiger partial charge on any atom is 0.421 e. The summed E-state index contributed by atoms with van der Waals surface area (Å²) in [6.07, 6.45) is -3.46. The van der Waals surface area contributed by atoms with Crippen molar-refractivity contribution in [3.63, 3.8) is 0 Å². The lowest BCUT2D eigenvalue weighted by molar-refractivity contribution is -0.138. The van der Waals surface area contributed by atoms with Gasteiger partial charge in [0.1, 0.15) is 11.1 Å². The quantitative estimate of drug-likeness (QED) is 0.634. The average Bonchev–Trinajstić information content (AvgIpc) is 2.54. The van der Waals surface area contributed by atoms with Gasteiger partial charge in [-0.25, -0.2) is 4.79 Å². The lowest BCUT2D eigenvalue weighted by atomic mass is 9.95. The number of pyridine rings is 1. The summed E-state index contributed by atoms with van der Waals surface area (Å²) in [5.74, 6) is 0.213. The van der Waals surface area contributed by atoms with Crippen molar-refractivity contribution in [2.24, 2.45) is 0 Å². The number of hydrogen-bond acceptors (Lipinski definition) is 3. The molecule has 0 N–H and O–H groups in total.